The van der Waals surface area contributed by atoms with Crippen LogP contribution < -0.4 is 11.1 Å². The highest BCUT2D eigenvalue weighted by Crippen LogP contribution is 2.32. The van der Waals surface area contributed by atoms with E-state index in [1.807, 2.05) is 0 Å². The number of nitrogens with one attached hydrogen (secondary N) is 1. The number of rotatable bonds is 4. The zero-order valence-corrected chi connectivity index (χ0v) is 16.8. The third kappa shape index (κ3) is 3.73. The molecular formula is C23H22FN5O2. The van der Waals surface area contributed by atoms with Crippen molar-refractivity contribution in [2.24, 2.45) is 0 Å². The van der Waals surface area contributed by atoms with E-state index >= 15 is 0 Å². The van der Waals surface area contributed by atoms with E-state index in [9.17, 15) is 14.3 Å². The summed E-state index contributed by atoms with van der Waals surface area (Å²) in [6.07, 6.45) is -0.0678. The van der Waals surface area contributed by atoms with Crippen molar-refractivity contribution in [2.75, 3.05) is 11.1 Å². The van der Waals surface area contributed by atoms with E-state index in [0.29, 0.717) is 33.7 Å². The molecule has 0 bridgehead atoms. The third-order valence-corrected chi connectivity index (χ3v) is 5.03. The second-order valence-corrected chi connectivity index (χ2v) is 7.23. The normalized spacial score (nSPS) is 14.0. The number of aliphatic hydroxyl groups excluding tert-OH is 1. The summed E-state index contributed by atoms with van der Waals surface area (Å²) >= 11 is 0. The van der Waals surface area contributed by atoms with Crippen LogP contribution in [0.25, 0.3) is 16.8 Å². The molecular weight excluding hydrogens is 397 g/mol. The fourth-order valence-electron chi connectivity index (χ4n) is 3.52. The molecule has 0 saturated heterocycles. The number of aryl methyl sites for hydroxylation is 3. The van der Waals surface area contributed by atoms with Crippen LogP contribution in [-0.2, 0) is 4.79 Å². The van der Waals surface area contributed by atoms with Gasteiger partial charge in [-0.2, -0.15) is 0 Å². The molecule has 1 atom stereocenters. The number of aliphatic hydroxyl groups is 1. The van der Waals surface area contributed by atoms with Gasteiger partial charge in [-0.05, 0) is 56.1 Å². The molecule has 8 heteroatoms. The number of carbonyl (C=O) groups is 1. The number of imidazole rings is 1. The van der Waals surface area contributed by atoms with Crippen molar-refractivity contribution < 1.29 is 18.4 Å². The Hall–Kier alpha value is -3.78. The number of anilines is 2. The number of hydrogen-bond donors (Lipinski definition) is 3. The van der Waals surface area contributed by atoms with Gasteiger partial charge in [0.05, 0.1) is 0 Å². The molecule has 2 aromatic carbocycles. The summed E-state index contributed by atoms with van der Waals surface area (Å²) < 4.78 is 38.5. The molecule has 7 nitrogen and oxygen atoms in total. The number of halogens is 1. The molecule has 158 valence electrons. The van der Waals surface area contributed by atoms with Gasteiger partial charge in [-0.3, -0.25) is 9.20 Å². The zero-order valence-electron chi connectivity index (χ0n) is 19.8. The summed E-state index contributed by atoms with van der Waals surface area (Å²) in [7, 11) is 0. The second-order valence-electron chi connectivity index (χ2n) is 7.23. The van der Waals surface area contributed by atoms with Crippen molar-refractivity contribution in [3.8, 4) is 11.3 Å². The first-order valence-electron chi connectivity index (χ1n) is 11.0. The molecule has 0 aliphatic heterocycles. The number of nitrogens with zero attached hydrogens (tertiary/aromatic N) is 3. The molecule has 2 heterocycles. The van der Waals surface area contributed by atoms with E-state index in [1.54, 1.807) is 32.0 Å². The van der Waals surface area contributed by atoms with Gasteiger partial charge in [0, 0.05) is 27.3 Å². The van der Waals surface area contributed by atoms with Gasteiger partial charge in [0.15, 0.2) is 6.10 Å². The van der Waals surface area contributed by atoms with Gasteiger partial charge in [-0.1, -0.05) is 18.2 Å². The minimum Gasteiger partial charge on any atom is -0.382 e. The predicted octanol–water partition coefficient (Wildman–Crippen LogP) is 3.71. The Bertz CT molecular complexity index is 1420. The monoisotopic (exact) mass is 422 g/mol. The minimum absolute atomic E-state index is 0.126. The van der Waals surface area contributed by atoms with Crippen molar-refractivity contribution >= 4 is 22.9 Å². The van der Waals surface area contributed by atoms with Crippen LogP contribution in [0.15, 0.2) is 48.7 Å². The maximum atomic E-state index is 13.4. The number of benzene rings is 2. The Morgan fingerprint density at radius 3 is 2.81 bits per heavy atom. The highest BCUT2D eigenvalue weighted by atomic mass is 19.1. The first kappa shape index (κ1) is 17.0. The first-order valence-corrected chi connectivity index (χ1v) is 9.47. The van der Waals surface area contributed by atoms with Crippen molar-refractivity contribution in [3.05, 3.63) is 77.1 Å². The van der Waals surface area contributed by atoms with Gasteiger partial charge in [0.25, 0.3) is 5.91 Å². The van der Waals surface area contributed by atoms with E-state index in [4.69, 9.17) is 9.85 Å². The molecule has 0 saturated carbocycles. The van der Waals surface area contributed by atoms with Gasteiger partial charge in [-0.15, -0.1) is 0 Å². The zero-order chi connectivity index (χ0) is 24.8. The number of hydrogen-bond acceptors (Lipinski definition) is 5. The van der Waals surface area contributed by atoms with Gasteiger partial charge in [0.1, 0.15) is 28.7 Å². The molecule has 0 spiro atoms. The lowest BCUT2D eigenvalue weighted by Gasteiger charge is -2.13. The molecule has 4 aromatic rings. The molecule has 2 aromatic heterocycles. The van der Waals surface area contributed by atoms with Crippen LogP contribution in [0.4, 0.5) is 15.9 Å². The van der Waals surface area contributed by atoms with Crippen molar-refractivity contribution in [1.82, 2.24) is 14.4 Å². The summed E-state index contributed by atoms with van der Waals surface area (Å²) in [5.74, 6) is -1.27. The Morgan fingerprint density at radius 1 is 1.29 bits per heavy atom. The molecule has 0 radical (unpaired) electrons. The van der Waals surface area contributed by atoms with Gasteiger partial charge >= 0.3 is 0 Å². The number of aromatic nitrogens is 3. The van der Waals surface area contributed by atoms with Crippen molar-refractivity contribution in [1.29, 1.82) is 0 Å². The fourth-order valence-corrected chi connectivity index (χ4v) is 3.52. The highest BCUT2D eigenvalue weighted by molar-refractivity contribution is 5.95. The van der Waals surface area contributed by atoms with E-state index in [-0.39, 0.29) is 17.2 Å². The third-order valence-electron chi connectivity index (χ3n) is 5.03. The lowest BCUT2D eigenvalue weighted by Crippen LogP contribution is -2.21. The maximum absolute atomic E-state index is 13.4. The number of fused-ring (bicyclic) bond motifs is 1. The highest BCUT2D eigenvalue weighted by Gasteiger charge is 2.20. The molecule has 4 N–H and O–H groups in total. The summed E-state index contributed by atoms with van der Waals surface area (Å²) in [5, 5.41) is 12.9. The van der Waals surface area contributed by atoms with E-state index < -0.39 is 24.7 Å². The predicted molar refractivity (Wildman–Crippen MR) is 117 cm³/mol. The number of nitrogens with two attached hydrogens (primary N) is 1. The first-order chi connectivity index (χ1) is 16.0. The average molecular weight is 422 g/mol. The van der Waals surface area contributed by atoms with Crippen LogP contribution in [0.2, 0.25) is 0 Å². The molecule has 31 heavy (non-hydrogen) atoms. The summed E-state index contributed by atoms with van der Waals surface area (Å²) in [5.41, 5.74) is 9.21. The topological polar surface area (TPSA) is 106 Å². The number of carbonyl (C=O) groups excluding carboxylic acids is 1. The molecule has 0 aliphatic carbocycles. The summed E-state index contributed by atoms with van der Waals surface area (Å²) in [6, 6.07) is 10.1. The Morgan fingerprint density at radius 2 is 2.10 bits per heavy atom. The summed E-state index contributed by atoms with van der Waals surface area (Å²) in [6.45, 7) is 1.01. The quantitative estimate of drug-likeness (QED) is 0.465. The van der Waals surface area contributed by atoms with Crippen molar-refractivity contribution in [2.45, 2.75) is 26.8 Å². The standard InChI is InChI=1S/C23H22FN5O2/c1-12-9-17(28-23(31)21(30)15-5-4-6-16(24)10-15)7-8-18(12)19-20-22(25)26-11-13(2)29(20)14(3)27-19/h4-11,21,30H,1-3H3,(H2,25,26)(H,28,31)/i3D3. The number of nitrogen functional groups attached to an aromatic ring is 1. The lowest BCUT2D eigenvalue weighted by molar-refractivity contribution is -0.124. The average Bonchev–Trinajstić information content (AvgIpc) is 3.18. The Kier molecular flexibility index (Phi) is 4.27. The van der Waals surface area contributed by atoms with Crippen LogP contribution in [0.3, 0.4) is 0 Å². The Labute approximate surface area is 182 Å². The van der Waals surface area contributed by atoms with Gasteiger partial charge in [-0.25, -0.2) is 14.4 Å². The van der Waals surface area contributed by atoms with Crippen LogP contribution >= 0.6 is 0 Å². The van der Waals surface area contributed by atoms with Crippen LogP contribution in [0, 0.1) is 26.5 Å². The summed E-state index contributed by atoms with van der Waals surface area (Å²) in [4.78, 5) is 21.0. The fraction of sp³-hybridized carbons (Fsp3) is 0.174. The Balaban J connectivity index is 1.71. The molecule has 0 fully saturated rings. The van der Waals surface area contributed by atoms with E-state index in [2.05, 4.69) is 15.3 Å². The number of amides is 1. The van der Waals surface area contributed by atoms with Gasteiger partial charge < -0.3 is 16.2 Å². The molecule has 1 amide bonds. The van der Waals surface area contributed by atoms with E-state index in [0.717, 1.165) is 6.07 Å². The van der Waals surface area contributed by atoms with E-state index in [1.165, 1.54) is 28.8 Å². The van der Waals surface area contributed by atoms with Gasteiger partial charge in [0.2, 0.25) is 0 Å². The second kappa shape index (κ2) is 7.81. The lowest BCUT2D eigenvalue weighted by atomic mass is 10.0. The maximum Gasteiger partial charge on any atom is 0.257 e. The van der Waals surface area contributed by atoms with Crippen LogP contribution in [-0.4, -0.2) is 25.4 Å². The minimum atomic E-state index is -2.48. The molecule has 4 rings (SSSR count). The van der Waals surface area contributed by atoms with Crippen LogP contribution in [0.1, 0.15) is 32.9 Å². The SMILES string of the molecule is [2H]C([2H])([2H])c1nc(-c2ccc(NC(=O)C(O)c3cccc(F)c3)cc2C)c2c(N)ncc(C)n12. The smallest absolute Gasteiger partial charge is 0.257 e. The van der Waals surface area contributed by atoms with Crippen LogP contribution in [0.5, 0.6) is 0 Å². The van der Waals surface area contributed by atoms with Crippen molar-refractivity contribution in [3.63, 3.8) is 0 Å². The molecule has 1 unspecified atom stereocenters. The largest absolute Gasteiger partial charge is 0.382 e. The molecule has 0 aliphatic rings.